The molecule has 0 bridgehead atoms. The van der Waals surface area contributed by atoms with Gasteiger partial charge in [0.25, 0.3) is 0 Å². The van der Waals surface area contributed by atoms with Crippen LogP contribution in [-0.2, 0) is 0 Å². The van der Waals surface area contributed by atoms with Crippen LogP contribution in [0.3, 0.4) is 0 Å². The smallest absolute Gasteiger partial charge is 0.00922 e. The second kappa shape index (κ2) is 2.49. The van der Waals surface area contributed by atoms with Gasteiger partial charge in [-0.25, -0.2) is 0 Å². The van der Waals surface area contributed by atoms with Crippen molar-refractivity contribution in [2.75, 3.05) is 13.6 Å². The summed E-state index contributed by atoms with van der Waals surface area (Å²) in [6.07, 6.45) is 4.22. The summed E-state index contributed by atoms with van der Waals surface area (Å²) in [6, 6.07) is 0.868. The van der Waals surface area contributed by atoms with Crippen LogP contribution in [0.4, 0.5) is 0 Å². The molecule has 1 rings (SSSR count). The zero-order valence-electron chi connectivity index (χ0n) is 5.56. The lowest BCUT2D eigenvalue weighted by molar-refractivity contribution is 0.174. The molecule has 1 fully saturated rings. The molecule has 0 unspecified atom stereocenters. The molecule has 0 saturated heterocycles. The molecule has 1 aliphatic rings. The molecule has 1 saturated carbocycles. The topological polar surface area (TPSA) is 3.24 Å². The zero-order chi connectivity index (χ0) is 5.98. The van der Waals surface area contributed by atoms with Crippen LogP contribution >= 0.6 is 0 Å². The first-order chi connectivity index (χ1) is 3.84. The first-order valence-electron chi connectivity index (χ1n) is 3.34. The van der Waals surface area contributed by atoms with Crippen LogP contribution in [-0.4, -0.2) is 24.5 Å². The summed E-state index contributed by atoms with van der Waals surface area (Å²) in [5.41, 5.74) is 0. The predicted octanol–water partition coefficient (Wildman–Crippen LogP) is 1.30. The van der Waals surface area contributed by atoms with Crippen molar-refractivity contribution in [2.24, 2.45) is 0 Å². The average Bonchev–Trinajstić information content (AvgIpc) is 1.62. The summed E-state index contributed by atoms with van der Waals surface area (Å²) in [6.45, 7) is 4.78. The van der Waals surface area contributed by atoms with Crippen molar-refractivity contribution in [3.8, 4) is 0 Å². The Bertz CT molecular complexity index is 64.0. The summed E-state index contributed by atoms with van der Waals surface area (Å²) in [4.78, 5) is 2.32. The maximum atomic E-state index is 3.81. The van der Waals surface area contributed by atoms with Gasteiger partial charge in [-0.2, -0.15) is 0 Å². The van der Waals surface area contributed by atoms with Gasteiger partial charge in [-0.05, 0) is 33.4 Å². The van der Waals surface area contributed by atoms with Crippen LogP contribution in [0.15, 0.2) is 0 Å². The molecule has 0 amide bonds. The fourth-order valence-electron chi connectivity index (χ4n) is 1.01. The molecular weight excluding hydrogens is 98.1 g/mol. The van der Waals surface area contributed by atoms with Crippen LogP contribution in [0.1, 0.15) is 19.3 Å². The minimum Gasteiger partial charge on any atom is -0.303 e. The maximum absolute atomic E-state index is 3.81. The fraction of sp³-hybridized carbons (Fsp3) is 0.857. The van der Waals surface area contributed by atoms with Gasteiger partial charge in [0.2, 0.25) is 0 Å². The molecule has 0 aromatic heterocycles. The second-order valence-corrected chi connectivity index (χ2v) is 2.57. The van der Waals surface area contributed by atoms with E-state index in [0.717, 1.165) is 12.6 Å². The van der Waals surface area contributed by atoms with E-state index in [1.165, 1.54) is 19.3 Å². The minimum absolute atomic E-state index is 0.868. The van der Waals surface area contributed by atoms with E-state index in [1.807, 2.05) is 0 Å². The van der Waals surface area contributed by atoms with E-state index in [9.17, 15) is 0 Å². The number of nitrogens with zero attached hydrogens (tertiary/aromatic N) is 1. The van der Waals surface area contributed by atoms with E-state index in [0.29, 0.717) is 0 Å². The Labute approximate surface area is 51.7 Å². The lowest BCUT2D eigenvalue weighted by atomic mass is 9.92. The predicted molar refractivity (Wildman–Crippen MR) is 35.6 cm³/mol. The summed E-state index contributed by atoms with van der Waals surface area (Å²) in [5, 5.41) is 0. The van der Waals surface area contributed by atoms with Crippen molar-refractivity contribution in [3.63, 3.8) is 0 Å². The van der Waals surface area contributed by atoms with Gasteiger partial charge in [0.1, 0.15) is 0 Å². The van der Waals surface area contributed by atoms with E-state index in [4.69, 9.17) is 0 Å². The van der Waals surface area contributed by atoms with Crippen LogP contribution in [0, 0.1) is 6.92 Å². The van der Waals surface area contributed by atoms with Gasteiger partial charge in [0.05, 0.1) is 0 Å². The standard InChI is InChI=1S/C7H14N/c1-3-8(2)7-5-4-6-7/h7H,1,3-6H2,2H3. The lowest BCUT2D eigenvalue weighted by Gasteiger charge is -2.33. The van der Waals surface area contributed by atoms with E-state index in [2.05, 4.69) is 18.9 Å². The van der Waals surface area contributed by atoms with Crippen molar-refractivity contribution in [2.45, 2.75) is 25.3 Å². The quantitative estimate of drug-likeness (QED) is 0.520. The minimum atomic E-state index is 0.868. The number of rotatable bonds is 2. The van der Waals surface area contributed by atoms with Crippen molar-refractivity contribution in [1.29, 1.82) is 0 Å². The van der Waals surface area contributed by atoms with Crippen molar-refractivity contribution < 1.29 is 0 Å². The van der Waals surface area contributed by atoms with Crippen molar-refractivity contribution >= 4 is 0 Å². The molecule has 1 aliphatic carbocycles. The van der Waals surface area contributed by atoms with Gasteiger partial charge >= 0.3 is 0 Å². The average molecular weight is 112 g/mol. The van der Waals surface area contributed by atoms with Crippen molar-refractivity contribution in [1.82, 2.24) is 4.90 Å². The van der Waals surface area contributed by atoms with Gasteiger partial charge in [-0.3, -0.25) is 0 Å². The zero-order valence-corrected chi connectivity index (χ0v) is 5.56. The highest BCUT2D eigenvalue weighted by molar-refractivity contribution is 4.77. The summed E-state index contributed by atoms with van der Waals surface area (Å²) in [5.74, 6) is 0. The first kappa shape index (κ1) is 6.09. The Morgan fingerprint density at radius 1 is 1.62 bits per heavy atom. The first-order valence-corrected chi connectivity index (χ1v) is 3.34. The molecule has 0 aromatic carbocycles. The van der Waals surface area contributed by atoms with E-state index < -0.39 is 0 Å². The molecule has 1 radical (unpaired) electrons. The molecule has 8 heavy (non-hydrogen) atoms. The highest BCUT2D eigenvalue weighted by Crippen LogP contribution is 2.22. The largest absolute Gasteiger partial charge is 0.303 e. The SMILES string of the molecule is [CH2]CN(C)C1CCC1. The highest BCUT2D eigenvalue weighted by atomic mass is 15.1. The van der Waals surface area contributed by atoms with E-state index >= 15 is 0 Å². The van der Waals surface area contributed by atoms with Crippen LogP contribution in [0.5, 0.6) is 0 Å². The van der Waals surface area contributed by atoms with E-state index in [-0.39, 0.29) is 0 Å². The third kappa shape index (κ3) is 1.03. The molecule has 0 spiro atoms. The van der Waals surface area contributed by atoms with Crippen LogP contribution < -0.4 is 0 Å². The monoisotopic (exact) mass is 112 g/mol. The van der Waals surface area contributed by atoms with Crippen molar-refractivity contribution in [3.05, 3.63) is 6.92 Å². The Kier molecular flexibility index (Phi) is 1.90. The van der Waals surface area contributed by atoms with Gasteiger partial charge < -0.3 is 4.90 Å². The summed E-state index contributed by atoms with van der Waals surface area (Å²) < 4.78 is 0. The Morgan fingerprint density at radius 2 is 2.25 bits per heavy atom. The van der Waals surface area contributed by atoms with Gasteiger partial charge in [0, 0.05) is 6.04 Å². The third-order valence-corrected chi connectivity index (χ3v) is 2.05. The van der Waals surface area contributed by atoms with E-state index in [1.54, 1.807) is 0 Å². The molecule has 1 heteroatoms. The van der Waals surface area contributed by atoms with Crippen LogP contribution in [0.25, 0.3) is 0 Å². The second-order valence-electron chi connectivity index (χ2n) is 2.57. The Hall–Kier alpha value is -0.0400. The van der Waals surface area contributed by atoms with Gasteiger partial charge in [0.15, 0.2) is 0 Å². The molecule has 0 atom stereocenters. The Balaban J connectivity index is 2.13. The Morgan fingerprint density at radius 3 is 2.38 bits per heavy atom. The van der Waals surface area contributed by atoms with Gasteiger partial charge in [-0.1, -0.05) is 6.42 Å². The molecule has 47 valence electrons. The molecule has 1 nitrogen and oxygen atoms in total. The number of hydrogen-bond donors (Lipinski definition) is 0. The summed E-state index contributed by atoms with van der Waals surface area (Å²) in [7, 11) is 2.15. The summed E-state index contributed by atoms with van der Waals surface area (Å²) >= 11 is 0. The lowest BCUT2D eigenvalue weighted by Crippen LogP contribution is -2.36. The molecule has 0 aliphatic heterocycles. The van der Waals surface area contributed by atoms with Gasteiger partial charge in [-0.15, -0.1) is 0 Å². The molecule has 0 N–H and O–H groups in total. The third-order valence-electron chi connectivity index (χ3n) is 2.05. The fourth-order valence-corrected chi connectivity index (χ4v) is 1.01. The van der Waals surface area contributed by atoms with Crippen LogP contribution in [0.2, 0.25) is 0 Å². The normalized spacial score (nSPS) is 21.4. The number of hydrogen-bond acceptors (Lipinski definition) is 1. The molecular formula is C7H14N. The maximum Gasteiger partial charge on any atom is 0.00922 e. The molecule has 0 aromatic rings. The molecule has 0 heterocycles. The highest BCUT2D eigenvalue weighted by Gasteiger charge is 2.19.